The number of fused-ring (bicyclic) bond motifs is 1. The summed E-state index contributed by atoms with van der Waals surface area (Å²) in [5, 5.41) is 0. The summed E-state index contributed by atoms with van der Waals surface area (Å²) in [5.74, 6) is 0.575. The minimum absolute atomic E-state index is 0.428. The summed E-state index contributed by atoms with van der Waals surface area (Å²) in [5.41, 5.74) is 1.93. The molecule has 0 bridgehead atoms. The molecule has 10 heteroatoms. The normalized spacial score (nSPS) is 16.0. The molecular formula is C38H62N6O3Sn. The van der Waals surface area contributed by atoms with Crippen LogP contribution in [0.5, 0.6) is 0 Å². The number of nitrogens with zero attached hydrogens (tertiary/aromatic N) is 6. The van der Waals surface area contributed by atoms with Crippen molar-refractivity contribution in [3.8, 4) is 0 Å². The zero-order valence-corrected chi connectivity index (χ0v) is 34.0. The molecule has 0 unspecified atom stereocenters. The number of benzene rings is 1. The van der Waals surface area contributed by atoms with Gasteiger partial charge in [-0.05, 0) is 0 Å². The Morgan fingerprint density at radius 1 is 0.938 bits per heavy atom. The molecule has 2 aliphatic heterocycles. The molecule has 9 nitrogen and oxygen atoms in total. The summed E-state index contributed by atoms with van der Waals surface area (Å²) in [7, 11) is 0. The van der Waals surface area contributed by atoms with Crippen LogP contribution < -0.4 is 13.5 Å². The fourth-order valence-electron chi connectivity index (χ4n) is 6.84. The van der Waals surface area contributed by atoms with Gasteiger partial charge in [-0.25, -0.2) is 0 Å². The van der Waals surface area contributed by atoms with E-state index in [1.54, 1.807) is 4.90 Å². The van der Waals surface area contributed by atoms with Crippen molar-refractivity contribution in [3.05, 3.63) is 42.9 Å². The molecule has 48 heavy (non-hydrogen) atoms. The number of carbonyl (C=O) groups excluding carboxylic acids is 1. The average Bonchev–Trinajstić information content (AvgIpc) is 3.54. The summed E-state index contributed by atoms with van der Waals surface area (Å²) in [4.78, 5) is 31.0. The summed E-state index contributed by atoms with van der Waals surface area (Å²) >= 11 is -2.97. The van der Waals surface area contributed by atoms with Gasteiger partial charge in [0.15, 0.2) is 0 Å². The first kappa shape index (κ1) is 38.4. The molecule has 3 aromatic rings. The molecule has 1 aromatic carbocycles. The first-order valence-corrected chi connectivity index (χ1v) is 26.2. The van der Waals surface area contributed by atoms with Crippen LogP contribution in [-0.4, -0.2) is 94.8 Å². The van der Waals surface area contributed by atoms with Crippen molar-refractivity contribution >= 4 is 51.0 Å². The predicted octanol–water partition coefficient (Wildman–Crippen LogP) is 8.41. The molecule has 4 heterocycles. The number of piperazine rings is 1. The average molecular weight is 770 g/mol. The quantitative estimate of drug-likeness (QED) is 0.153. The fraction of sp³-hybridized carbons (Fsp3) is 0.658. The van der Waals surface area contributed by atoms with E-state index in [0.29, 0.717) is 17.5 Å². The third kappa shape index (κ3) is 9.44. The summed E-state index contributed by atoms with van der Waals surface area (Å²) in [6, 6.07) is 8.93. The van der Waals surface area contributed by atoms with Crippen LogP contribution in [0, 0.1) is 0 Å². The molecule has 2 aliphatic rings. The van der Waals surface area contributed by atoms with Gasteiger partial charge < -0.3 is 4.74 Å². The third-order valence-corrected chi connectivity index (χ3v) is 24.6. The summed E-state index contributed by atoms with van der Waals surface area (Å²) in [6.45, 7) is 22.4. The Hall–Kier alpha value is -2.37. The molecule has 266 valence electrons. The standard InChI is InChI=1S/C24H29N6O3.3C4H9.C2H6.Sn/c1-24(2,3)33-23(31)30(22-21-25-8-10-29(21)11-9-26-22)19-6-4-18(5-7-19)27-12-14-28(15-13-27)20-16-32-17-20;3*1-3-4-2;1-2;/h4-8,10-11,20H,12-17H2,1-3H3;3*1,3-4H2,2H3;1-2H3;. The Kier molecular flexibility index (Phi) is 14.4. The molecule has 0 saturated carbocycles. The van der Waals surface area contributed by atoms with Crippen LogP contribution in [0.1, 0.15) is 93.9 Å². The number of unbranched alkanes of at least 4 members (excludes halogenated alkanes) is 3. The second-order valence-electron chi connectivity index (χ2n) is 14.2. The first-order chi connectivity index (χ1) is 23.2. The van der Waals surface area contributed by atoms with Crippen molar-refractivity contribution in [2.24, 2.45) is 0 Å². The Labute approximate surface area is 294 Å². The van der Waals surface area contributed by atoms with Gasteiger partial charge in [0, 0.05) is 0 Å². The molecule has 0 aliphatic carbocycles. The number of aromatic nitrogens is 3. The molecule has 0 atom stereocenters. The van der Waals surface area contributed by atoms with Gasteiger partial charge in [-0.15, -0.1) is 0 Å². The van der Waals surface area contributed by atoms with Crippen LogP contribution in [0.2, 0.25) is 13.3 Å². The number of hydrogen-bond donors (Lipinski definition) is 0. The van der Waals surface area contributed by atoms with Gasteiger partial charge in [-0.3, -0.25) is 0 Å². The van der Waals surface area contributed by atoms with E-state index in [4.69, 9.17) is 19.4 Å². The fourth-order valence-corrected chi connectivity index (χ4v) is 22.2. The number of hydrogen-bond acceptors (Lipinski definition) is 7. The number of rotatable bonds is 14. The van der Waals surface area contributed by atoms with Crippen molar-refractivity contribution in [1.29, 1.82) is 0 Å². The van der Waals surface area contributed by atoms with E-state index in [2.05, 4.69) is 53.3 Å². The molecule has 2 fully saturated rings. The van der Waals surface area contributed by atoms with E-state index in [1.165, 1.54) is 61.2 Å². The summed E-state index contributed by atoms with van der Waals surface area (Å²) in [6.07, 6.45) is 12.9. The van der Waals surface area contributed by atoms with Crippen LogP contribution in [0.25, 0.3) is 5.65 Å². The molecule has 2 saturated heterocycles. The Bertz CT molecular complexity index is 1390. The summed E-state index contributed by atoms with van der Waals surface area (Å²) < 4.78 is 18.7. The molecular weight excluding hydrogens is 707 g/mol. The van der Waals surface area contributed by atoms with Gasteiger partial charge in [-0.1, -0.05) is 13.8 Å². The van der Waals surface area contributed by atoms with Gasteiger partial charge in [0.1, 0.15) is 0 Å². The maximum atomic E-state index is 14.1. The van der Waals surface area contributed by atoms with Crippen molar-refractivity contribution in [2.45, 2.75) is 119 Å². The van der Waals surface area contributed by atoms with Gasteiger partial charge in [-0.2, -0.15) is 0 Å². The third-order valence-electron chi connectivity index (χ3n) is 9.64. The molecule has 1 amide bonds. The SMILES string of the molecule is CC.CCC[CH2][Sn]([CH2]CCC)([CH2]CCC)[c]1cn2ccnc2c(N(C(=O)OC(C)(C)C)c2ccc(N3CCN(C4COC4)CC3)cc2)n1. The van der Waals surface area contributed by atoms with Crippen molar-refractivity contribution in [1.82, 2.24) is 19.3 Å². The molecule has 0 radical (unpaired) electrons. The first-order valence-electron chi connectivity index (χ1n) is 18.7. The van der Waals surface area contributed by atoms with Crippen molar-refractivity contribution in [3.63, 3.8) is 0 Å². The van der Waals surface area contributed by atoms with Gasteiger partial charge in [0.25, 0.3) is 0 Å². The zero-order valence-electron chi connectivity index (χ0n) is 31.1. The Morgan fingerprint density at radius 2 is 1.52 bits per heavy atom. The molecule has 2 aromatic heterocycles. The van der Waals surface area contributed by atoms with Gasteiger partial charge >= 0.3 is 258 Å². The molecule has 0 N–H and O–H groups in total. The van der Waals surface area contributed by atoms with E-state index in [1.807, 2.05) is 59.1 Å². The van der Waals surface area contributed by atoms with Crippen molar-refractivity contribution in [2.75, 3.05) is 49.2 Å². The maximum absolute atomic E-state index is 14.1. The van der Waals surface area contributed by atoms with Crippen LogP contribution in [0.4, 0.5) is 22.0 Å². The Morgan fingerprint density at radius 3 is 2.02 bits per heavy atom. The van der Waals surface area contributed by atoms with E-state index in [0.717, 1.165) is 45.1 Å². The van der Waals surface area contributed by atoms with Crippen LogP contribution in [-0.2, 0) is 9.47 Å². The zero-order chi connectivity index (χ0) is 34.7. The predicted molar refractivity (Wildman–Crippen MR) is 202 cm³/mol. The van der Waals surface area contributed by atoms with Gasteiger partial charge in [0.2, 0.25) is 0 Å². The van der Waals surface area contributed by atoms with E-state index in [-0.39, 0.29) is 0 Å². The van der Waals surface area contributed by atoms with Gasteiger partial charge in [0.05, 0.1) is 19.3 Å². The molecule has 5 rings (SSSR count). The van der Waals surface area contributed by atoms with Crippen LogP contribution >= 0.6 is 0 Å². The minimum atomic E-state index is -2.97. The second kappa shape index (κ2) is 18.0. The van der Waals surface area contributed by atoms with Crippen LogP contribution in [0.15, 0.2) is 42.9 Å². The van der Waals surface area contributed by atoms with Crippen LogP contribution in [0.3, 0.4) is 0 Å². The number of imidazole rings is 1. The van der Waals surface area contributed by atoms with Crippen molar-refractivity contribution < 1.29 is 14.3 Å². The number of amides is 1. The van der Waals surface area contributed by atoms with E-state index >= 15 is 0 Å². The molecule has 0 spiro atoms. The Balaban J connectivity index is 0.00000255. The van der Waals surface area contributed by atoms with E-state index < -0.39 is 30.1 Å². The second-order valence-corrected chi connectivity index (χ2v) is 27.3. The number of carbonyl (C=O) groups is 1. The number of ether oxygens (including phenoxy) is 2. The number of anilines is 3. The van der Waals surface area contributed by atoms with E-state index in [9.17, 15) is 4.79 Å². The topological polar surface area (TPSA) is 75.4 Å². The monoisotopic (exact) mass is 770 g/mol.